The van der Waals surface area contributed by atoms with Gasteiger partial charge in [0.05, 0.1) is 19.0 Å². The van der Waals surface area contributed by atoms with E-state index in [1.165, 1.54) is 21.9 Å². The molecular formula is C24H26N2O. The van der Waals surface area contributed by atoms with E-state index in [4.69, 9.17) is 9.72 Å². The van der Waals surface area contributed by atoms with Crippen LogP contribution in [0.5, 0.6) is 5.75 Å². The smallest absolute Gasteiger partial charge is 0.138 e. The SMILES string of the molecule is COc1cn2cc(C(C)C)nc2cc1CC(C)c1ccc2ccccc2c1. The van der Waals surface area contributed by atoms with Crippen LogP contribution in [0.1, 0.15) is 49.4 Å². The van der Waals surface area contributed by atoms with Crippen LogP contribution in [0.15, 0.2) is 60.9 Å². The number of aromatic nitrogens is 2. The highest BCUT2D eigenvalue weighted by Gasteiger charge is 2.14. The quantitative estimate of drug-likeness (QED) is 0.440. The molecule has 1 atom stereocenters. The van der Waals surface area contributed by atoms with E-state index in [0.717, 1.165) is 23.5 Å². The third kappa shape index (κ3) is 3.42. The fourth-order valence-electron chi connectivity index (χ4n) is 3.66. The van der Waals surface area contributed by atoms with Crippen LogP contribution in [0.2, 0.25) is 0 Å². The van der Waals surface area contributed by atoms with Crippen LogP contribution in [-0.2, 0) is 6.42 Å². The molecule has 0 radical (unpaired) electrons. The molecular weight excluding hydrogens is 332 g/mol. The Bertz CT molecular complexity index is 1090. The van der Waals surface area contributed by atoms with Crippen LogP contribution in [-0.4, -0.2) is 16.5 Å². The van der Waals surface area contributed by atoms with Crippen molar-refractivity contribution in [1.82, 2.24) is 9.38 Å². The Labute approximate surface area is 160 Å². The molecule has 0 saturated heterocycles. The van der Waals surface area contributed by atoms with E-state index in [1.807, 2.05) is 0 Å². The summed E-state index contributed by atoms with van der Waals surface area (Å²) < 4.78 is 7.75. The summed E-state index contributed by atoms with van der Waals surface area (Å²) in [5.74, 6) is 1.73. The van der Waals surface area contributed by atoms with Gasteiger partial charge in [-0.1, -0.05) is 63.2 Å². The Morgan fingerprint density at radius 2 is 1.74 bits per heavy atom. The van der Waals surface area contributed by atoms with Crippen molar-refractivity contribution in [2.75, 3.05) is 7.11 Å². The fraction of sp³-hybridized carbons (Fsp3) is 0.292. The summed E-state index contributed by atoms with van der Waals surface area (Å²) in [6.45, 7) is 6.61. The molecule has 0 aliphatic rings. The first kappa shape index (κ1) is 17.6. The van der Waals surface area contributed by atoms with E-state index in [1.54, 1.807) is 7.11 Å². The Morgan fingerprint density at radius 1 is 0.963 bits per heavy atom. The Balaban J connectivity index is 1.67. The second-order valence-electron chi connectivity index (χ2n) is 7.66. The Hall–Kier alpha value is -2.81. The highest BCUT2D eigenvalue weighted by atomic mass is 16.5. The molecule has 2 heterocycles. The standard InChI is InChI=1S/C24H26N2O/c1-16(2)22-14-26-15-23(27-4)21(13-24(26)25-22)11-17(3)19-10-9-18-7-5-6-8-20(18)12-19/h5-10,12-17H,11H2,1-4H3. The molecule has 27 heavy (non-hydrogen) atoms. The molecule has 0 N–H and O–H groups in total. The van der Waals surface area contributed by atoms with Gasteiger partial charge >= 0.3 is 0 Å². The second kappa shape index (κ2) is 7.07. The molecule has 0 saturated carbocycles. The number of methoxy groups -OCH3 is 1. The summed E-state index contributed by atoms with van der Waals surface area (Å²) in [6.07, 6.45) is 5.07. The molecule has 4 aromatic rings. The topological polar surface area (TPSA) is 26.5 Å². The van der Waals surface area contributed by atoms with Crippen LogP contribution in [0, 0.1) is 0 Å². The van der Waals surface area contributed by atoms with Gasteiger partial charge in [-0.15, -0.1) is 0 Å². The predicted octanol–water partition coefficient (Wildman–Crippen LogP) is 5.97. The summed E-state index contributed by atoms with van der Waals surface area (Å²) in [5.41, 5.74) is 4.64. The zero-order valence-corrected chi connectivity index (χ0v) is 16.4. The maximum Gasteiger partial charge on any atom is 0.138 e. The van der Waals surface area contributed by atoms with Gasteiger partial charge in [-0.3, -0.25) is 0 Å². The summed E-state index contributed by atoms with van der Waals surface area (Å²) >= 11 is 0. The number of hydrogen-bond acceptors (Lipinski definition) is 2. The van der Waals surface area contributed by atoms with E-state index in [2.05, 4.69) is 86.1 Å². The lowest BCUT2D eigenvalue weighted by Gasteiger charge is -2.16. The van der Waals surface area contributed by atoms with Gasteiger partial charge in [-0.2, -0.15) is 0 Å². The number of ether oxygens (including phenoxy) is 1. The summed E-state index contributed by atoms with van der Waals surface area (Å²) in [4.78, 5) is 4.78. The molecule has 2 aromatic carbocycles. The zero-order chi connectivity index (χ0) is 19.0. The van der Waals surface area contributed by atoms with Gasteiger partial charge in [-0.05, 0) is 46.2 Å². The largest absolute Gasteiger partial charge is 0.495 e. The van der Waals surface area contributed by atoms with E-state index in [9.17, 15) is 0 Å². The molecule has 138 valence electrons. The van der Waals surface area contributed by atoms with Crippen LogP contribution in [0.3, 0.4) is 0 Å². The monoisotopic (exact) mass is 358 g/mol. The minimum Gasteiger partial charge on any atom is -0.495 e. The van der Waals surface area contributed by atoms with E-state index in [-0.39, 0.29) is 0 Å². The first-order chi connectivity index (χ1) is 13.0. The van der Waals surface area contributed by atoms with Gasteiger partial charge in [0.1, 0.15) is 11.4 Å². The van der Waals surface area contributed by atoms with E-state index < -0.39 is 0 Å². The highest BCUT2D eigenvalue weighted by Crippen LogP contribution is 2.29. The Morgan fingerprint density at radius 3 is 2.48 bits per heavy atom. The number of fused-ring (bicyclic) bond motifs is 2. The first-order valence-corrected chi connectivity index (χ1v) is 9.59. The van der Waals surface area contributed by atoms with Gasteiger partial charge in [0, 0.05) is 6.20 Å². The lowest BCUT2D eigenvalue weighted by molar-refractivity contribution is 0.406. The number of rotatable bonds is 5. The minimum atomic E-state index is 0.394. The van der Waals surface area contributed by atoms with Crippen molar-refractivity contribution in [3.63, 3.8) is 0 Å². The van der Waals surface area contributed by atoms with Gasteiger partial charge in [0.25, 0.3) is 0 Å². The van der Waals surface area contributed by atoms with E-state index in [0.29, 0.717) is 11.8 Å². The van der Waals surface area contributed by atoms with Crippen molar-refractivity contribution in [1.29, 1.82) is 0 Å². The second-order valence-corrected chi connectivity index (χ2v) is 7.66. The van der Waals surface area contributed by atoms with Gasteiger partial charge in [-0.25, -0.2) is 4.98 Å². The van der Waals surface area contributed by atoms with Crippen LogP contribution >= 0.6 is 0 Å². The van der Waals surface area contributed by atoms with Crippen molar-refractivity contribution in [2.24, 2.45) is 0 Å². The normalized spacial score (nSPS) is 12.8. The van der Waals surface area contributed by atoms with Crippen molar-refractivity contribution in [3.05, 3.63) is 77.7 Å². The summed E-state index contributed by atoms with van der Waals surface area (Å²) in [7, 11) is 1.74. The molecule has 0 spiro atoms. The van der Waals surface area contributed by atoms with E-state index >= 15 is 0 Å². The average molecular weight is 358 g/mol. The molecule has 0 bridgehead atoms. The molecule has 1 unspecified atom stereocenters. The molecule has 0 fully saturated rings. The molecule has 3 nitrogen and oxygen atoms in total. The molecule has 0 aliphatic carbocycles. The van der Waals surface area contributed by atoms with Crippen LogP contribution in [0.4, 0.5) is 0 Å². The fourth-order valence-corrected chi connectivity index (χ4v) is 3.66. The van der Waals surface area contributed by atoms with Crippen molar-refractivity contribution >= 4 is 16.4 Å². The third-order valence-electron chi connectivity index (χ3n) is 5.34. The minimum absolute atomic E-state index is 0.394. The number of pyridine rings is 1. The zero-order valence-electron chi connectivity index (χ0n) is 16.4. The predicted molar refractivity (Wildman–Crippen MR) is 112 cm³/mol. The number of hydrogen-bond donors (Lipinski definition) is 0. The van der Waals surface area contributed by atoms with Crippen LogP contribution < -0.4 is 4.74 Å². The number of nitrogens with zero attached hydrogens (tertiary/aromatic N) is 2. The lowest BCUT2D eigenvalue weighted by Crippen LogP contribution is -2.02. The average Bonchev–Trinajstić information content (AvgIpc) is 3.10. The summed E-state index contributed by atoms with van der Waals surface area (Å²) in [5, 5.41) is 2.57. The van der Waals surface area contributed by atoms with Gasteiger partial charge in [0.15, 0.2) is 0 Å². The summed E-state index contributed by atoms with van der Waals surface area (Å²) in [6, 6.07) is 17.4. The highest BCUT2D eigenvalue weighted by molar-refractivity contribution is 5.83. The molecule has 2 aromatic heterocycles. The van der Waals surface area contributed by atoms with Crippen molar-refractivity contribution < 1.29 is 4.74 Å². The third-order valence-corrected chi connectivity index (χ3v) is 5.34. The van der Waals surface area contributed by atoms with Crippen molar-refractivity contribution in [2.45, 2.75) is 39.0 Å². The first-order valence-electron chi connectivity index (χ1n) is 9.59. The van der Waals surface area contributed by atoms with Crippen LogP contribution in [0.25, 0.3) is 16.4 Å². The van der Waals surface area contributed by atoms with Crippen molar-refractivity contribution in [3.8, 4) is 5.75 Å². The van der Waals surface area contributed by atoms with Gasteiger partial charge < -0.3 is 9.14 Å². The Kier molecular flexibility index (Phi) is 4.61. The maximum absolute atomic E-state index is 5.68. The molecule has 4 rings (SSSR count). The lowest BCUT2D eigenvalue weighted by atomic mass is 9.92. The number of imidazole rings is 1. The number of benzene rings is 2. The maximum atomic E-state index is 5.68. The van der Waals surface area contributed by atoms with Gasteiger partial charge in [0.2, 0.25) is 0 Å². The molecule has 3 heteroatoms. The molecule has 0 aliphatic heterocycles. The molecule has 0 amide bonds.